The van der Waals surface area contributed by atoms with E-state index in [4.69, 9.17) is 11.5 Å². The van der Waals surface area contributed by atoms with E-state index in [-0.39, 0.29) is 6.04 Å². The number of hydrogen-bond acceptors (Lipinski definition) is 3. The van der Waals surface area contributed by atoms with Gasteiger partial charge in [-0.15, -0.1) is 0 Å². The highest BCUT2D eigenvalue weighted by Gasteiger charge is 2.25. The van der Waals surface area contributed by atoms with Gasteiger partial charge in [0.15, 0.2) is 0 Å². The van der Waals surface area contributed by atoms with Gasteiger partial charge < -0.3 is 11.5 Å². The number of piperidine rings is 1. The number of hydrogen-bond donors (Lipinski definition) is 2. The van der Waals surface area contributed by atoms with Crippen molar-refractivity contribution in [2.45, 2.75) is 19.0 Å². The van der Waals surface area contributed by atoms with Crippen LogP contribution in [0.5, 0.6) is 0 Å². The summed E-state index contributed by atoms with van der Waals surface area (Å²) in [5, 5.41) is 0. The van der Waals surface area contributed by atoms with E-state index >= 15 is 0 Å². The van der Waals surface area contributed by atoms with Crippen molar-refractivity contribution >= 4 is 0 Å². The zero-order valence-electron chi connectivity index (χ0n) is 9.68. The van der Waals surface area contributed by atoms with Gasteiger partial charge >= 0.3 is 0 Å². The Morgan fingerprint density at radius 1 is 1.25 bits per heavy atom. The molecular weight excluding hydrogens is 198 g/mol. The molecule has 0 radical (unpaired) electrons. The van der Waals surface area contributed by atoms with Crippen LogP contribution in [0.25, 0.3) is 0 Å². The van der Waals surface area contributed by atoms with Crippen molar-refractivity contribution in [2.75, 3.05) is 19.6 Å². The van der Waals surface area contributed by atoms with Gasteiger partial charge in [-0.25, -0.2) is 0 Å². The van der Waals surface area contributed by atoms with Crippen molar-refractivity contribution in [3.63, 3.8) is 0 Å². The van der Waals surface area contributed by atoms with Crippen LogP contribution in [0.1, 0.15) is 12.0 Å². The second-order valence-electron chi connectivity index (χ2n) is 4.67. The zero-order chi connectivity index (χ0) is 11.4. The van der Waals surface area contributed by atoms with Crippen LogP contribution in [0.2, 0.25) is 0 Å². The molecule has 1 aromatic rings. The summed E-state index contributed by atoms with van der Waals surface area (Å²) in [6.07, 6.45) is 1.06. The van der Waals surface area contributed by atoms with Crippen LogP contribution in [0.3, 0.4) is 0 Å². The molecule has 3 nitrogen and oxygen atoms in total. The van der Waals surface area contributed by atoms with Crippen molar-refractivity contribution in [1.82, 2.24) is 4.90 Å². The monoisotopic (exact) mass is 219 g/mol. The first-order chi connectivity index (χ1) is 7.79. The normalized spacial score (nSPS) is 26.9. The Hall–Kier alpha value is -0.900. The molecule has 1 heterocycles. The smallest absolute Gasteiger partial charge is 0.0233 e. The molecule has 0 spiro atoms. The minimum Gasteiger partial charge on any atom is -0.330 e. The van der Waals surface area contributed by atoms with Gasteiger partial charge in [-0.1, -0.05) is 30.3 Å². The van der Waals surface area contributed by atoms with Gasteiger partial charge in [0.05, 0.1) is 0 Å². The SMILES string of the molecule is NCC1CN(Cc2ccccc2)CCC1N. The fourth-order valence-corrected chi connectivity index (χ4v) is 2.36. The Balaban J connectivity index is 1.92. The van der Waals surface area contributed by atoms with Gasteiger partial charge in [-0.05, 0) is 31.0 Å². The van der Waals surface area contributed by atoms with Gasteiger partial charge in [0.25, 0.3) is 0 Å². The molecule has 0 aliphatic carbocycles. The first-order valence-corrected chi connectivity index (χ1v) is 6.01. The predicted molar refractivity (Wildman–Crippen MR) is 66.9 cm³/mol. The first-order valence-electron chi connectivity index (χ1n) is 6.01. The zero-order valence-corrected chi connectivity index (χ0v) is 9.68. The summed E-state index contributed by atoms with van der Waals surface area (Å²) in [5.41, 5.74) is 13.2. The van der Waals surface area contributed by atoms with Crippen LogP contribution in [0, 0.1) is 5.92 Å². The van der Waals surface area contributed by atoms with Crippen molar-refractivity contribution in [2.24, 2.45) is 17.4 Å². The van der Waals surface area contributed by atoms with Crippen LogP contribution in [-0.4, -0.2) is 30.6 Å². The molecule has 1 fully saturated rings. The highest BCUT2D eigenvalue weighted by Crippen LogP contribution is 2.16. The van der Waals surface area contributed by atoms with Crippen LogP contribution in [0.4, 0.5) is 0 Å². The number of nitrogens with zero attached hydrogens (tertiary/aromatic N) is 1. The first kappa shape index (κ1) is 11.6. The Morgan fingerprint density at radius 3 is 2.69 bits per heavy atom. The Morgan fingerprint density at radius 2 is 2.00 bits per heavy atom. The molecule has 1 aliphatic rings. The van der Waals surface area contributed by atoms with Crippen LogP contribution in [0.15, 0.2) is 30.3 Å². The third kappa shape index (κ3) is 2.82. The number of rotatable bonds is 3. The third-order valence-electron chi connectivity index (χ3n) is 3.43. The second kappa shape index (κ2) is 5.43. The summed E-state index contributed by atoms with van der Waals surface area (Å²) in [7, 11) is 0. The van der Waals surface area contributed by atoms with E-state index in [0.29, 0.717) is 12.5 Å². The molecule has 0 bridgehead atoms. The van der Waals surface area contributed by atoms with Gasteiger partial charge in [-0.3, -0.25) is 4.90 Å². The highest BCUT2D eigenvalue weighted by molar-refractivity contribution is 5.14. The fourth-order valence-electron chi connectivity index (χ4n) is 2.36. The molecule has 88 valence electrons. The van der Waals surface area contributed by atoms with Crippen LogP contribution >= 0.6 is 0 Å². The lowest BCUT2D eigenvalue weighted by Gasteiger charge is -2.36. The molecule has 1 saturated heterocycles. The molecule has 0 amide bonds. The largest absolute Gasteiger partial charge is 0.330 e. The Labute approximate surface area is 97.4 Å². The van der Waals surface area contributed by atoms with Gasteiger partial charge in [0, 0.05) is 19.1 Å². The van der Waals surface area contributed by atoms with Gasteiger partial charge in [-0.2, -0.15) is 0 Å². The minimum atomic E-state index is 0.289. The van der Waals surface area contributed by atoms with E-state index < -0.39 is 0 Å². The van der Waals surface area contributed by atoms with E-state index in [1.54, 1.807) is 0 Å². The van der Waals surface area contributed by atoms with Crippen LogP contribution < -0.4 is 11.5 Å². The number of likely N-dealkylation sites (tertiary alicyclic amines) is 1. The number of benzene rings is 1. The van der Waals surface area contributed by atoms with E-state index in [1.807, 2.05) is 0 Å². The average Bonchev–Trinajstić information content (AvgIpc) is 2.33. The lowest BCUT2D eigenvalue weighted by atomic mass is 9.93. The maximum atomic E-state index is 6.04. The molecule has 0 saturated carbocycles. The standard InChI is InChI=1S/C13H21N3/c14-8-12-10-16(7-6-13(12)15)9-11-4-2-1-3-5-11/h1-5,12-13H,6-10,14-15H2. The fraction of sp³-hybridized carbons (Fsp3) is 0.538. The quantitative estimate of drug-likeness (QED) is 0.790. The van der Waals surface area contributed by atoms with Crippen molar-refractivity contribution in [3.05, 3.63) is 35.9 Å². The lowest BCUT2D eigenvalue weighted by Crippen LogP contribution is -2.49. The summed E-state index contributed by atoms with van der Waals surface area (Å²) in [6.45, 7) is 3.84. The van der Waals surface area contributed by atoms with Crippen molar-refractivity contribution in [3.8, 4) is 0 Å². The second-order valence-corrected chi connectivity index (χ2v) is 4.67. The predicted octanol–water partition coefficient (Wildman–Crippen LogP) is 0.794. The molecule has 2 unspecified atom stereocenters. The molecular formula is C13H21N3. The summed E-state index contributed by atoms with van der Waals surface area (Å²) < 4.78 is 0. The molecule has 2 rings (SSSR count). The lowest BCUT2D eigenvalue weighted by molar-refractivity contribution is 0.152. The molecule has 0 aromatic heterocycles. The molecule has 1 aliphatic heterocycles. The van der Waals surface area contributed by atoms with E-state index in [0.717, 1.165) is 26.1 Å². The average molecular weight is 219 g/mol. The van der Waals surface area contributed by atoms with Gasteiger partial charge in [0.2, 0.25) is 0 Å². The molecule has 1 aromatic carbocycles. The minimum absolute atomic E-state index is 0.289. The van der Waals surface area contributed by atoms with E-state index in [2.05, 4.69) is 35.2 Å². The van der Waals surface area contributed by atoms with E-state index in [9.17, 15) is 0 Å². The summed E-state index contributed by atoms with van der Waals surface area (Å²) >= 11 is 0. The Bertz CT molecular complexity index is 312. The topological polar surface area (TPSA) is 55.3 Å². The van der Waals surface area contributed by atoms with Crippen molar-refractivity contribution in [1.29, 1.82) is 0 Å². The highest BCUT2D eigenvalue weighted by atomic mass is 15.1. The molecule has 3 heteroatoms. The summed E-state index contributed by atoms with van der Waals surface area (Å²) in [5.74, 6) is 0.456. The number of nitrogens with two attached hydrogens (primary N) is 2. The molecule has 2 atom stereocenters. The summed E-state index contributed by atoms with van der Waals surface area (Å²) in [4.78, 5) is 2.45. The molecule has 4 N–H and O–H groups in total. The van der Waals surface area contributed by atoms with Gasteiger partial charge in [0.1, 0.15) is 0 Å². The maximum Gasteiger partial charge on any atom is 0.0233 e. The maximum absolute atomic E-state index is 6.04. The van der Waals surface area contributed by atoms with Crippen LogP contribution in [-0.2, 0) is 6.54 Å². The third-order valence-corrected chi connectivity index (χ3v) is 3.43. The Kier molecular flexibility index (Phi) is 3.93. The van der Waals surface area contributed by atoms with Crippen molar-refractivity contribution < 1.29 is 0 Å². The van der Waals surface area contributed by atoms with E-state index in [1.165, 1.54) is 5.56 Å². The summed E-state index contributed by atoms with van der Waals surface area (Å²) in [6, 6.07) is 10.9. The molecule has 16 heavy (non-hydrogen) atoms.